The zero-order chi connectivity index (χ0) is 13.8. The summed E-state index contributed by atoms with van der Waals surface area (Å²) in [7, 11) is 0. The monoisotopic (exact) mass is 281 g/mol. The molecule has 2 atom stereocenters. The highest BCUT2D eigenvalue weighted by atomic mass is 32.1. The molecule has 2 rings (SSSR count). The smallest absolute Gasteiger partial charge is 0.0795 e. The molecule has 1 N–H and O–H groups in total. The van der Waals surface area contributed by atoms with Crippen LogP contribution in [-0.4, -0.2) is 35.1 Å². The number of aromatic nitrogens is 1. The number of rotatable bonds is 5. The van der Waals surface area contributed by atoms with E-state index in [9.17, 15) is 0 Å². The summed E-state index contributed by atoms with van der Waals surface area (Å²) < 4.78 is 0. The van der Waals surface area contributed by atoms with Gasteiger partial charge in [0.1, 0.15) is 0 Å². The van der Waals surface area contributed by atoms with Crippen molar-refractivity contribution in [2.24, 2.45) is 11.8 Å². The molecule has 108 valence electrons. The van der Waals surface area contributed by atoms with Crippen LogP contribution in [0.2, 0.25) is 0 Å². The van der Waals surface area contributed by atoms with Gasteiger partial charge in [0.05, 0.1) is 11.2 Å². The molecule has 0 amide bonds. The van der Waals surface area contributed by atoms with Crippen LogP contribution in [0, 0.1) is 11.8 Å². The Hall–Kier alpha value is -0.450. The van der Waals surface area contributed by atoms with Gasteiger partial charge in [0, 0.05) is 37.1 Å². The van der Waals surface area contributed by atoms with E-state index in [4.69, 9.17) is 0 Å². The molecule has 1 fully saturated rings. The Bertz CT molecular complexity index is 361. The maximum Gasteiger partial charge on any atom is 0.0795 e. The van der Waals surface area contributed by atoms with Crippen LogP contribution in [0.3, 0.4) is 0 Å². The minimum absolute atomic E-state index is 0.630. The third kappa shape index (κ3) is 4.26. The number of thiazole rings is 1. The number of nitrogens with one attached hydrogen (secondary N) is 1. The topological polar surface area (TPSA) is 28.2 Å². The summed E-state index contributed by atoms with van der Waals surface area (Å²) in [6.07, 6.45) is 1.26. The zero-order valence-corrected chi connectivity index (χ0v) is 13.4. The Morgan fingerprint density at radius 3 is 2.79 bits per heavy atom. The second-order valence-corrected chi connectivity index (χ2v) is 7.17. The molecular weight excluding hydrogens is 254 g/mol. The van der Waals surface area contributed by atoms with Crippen molar-refractivity contribution in [3.63, 3.8) is 0 Å². The molecule has 1 aromatic heterocycles. The van der Waals surface area contributed by atoms with Crippen LogP contribution in [0.4, 0.5) is 0 Å². The second kappa shape index (κ2) is 6.82. The van der Waals surface area contributed by atoms with E-state index < -0.39 is 0 Å². The fourth-order valence-electron chi connectivity index (χ4n) is 2.99. The highest BCUT2D eigenvalue weighted by molar-refractivity contribution is 7.07. The zero-order valence-electron chi connectivity index (χ0n) is 12.6. The minimum Gasteiger partial charge on any atom is -0.311 e. The van der Waals surface area contributed by atoms with Crippen molar-refractivity contribution in [3.05, 3.63) is 16.6 Å². The van der Waals surface area contributed by atoms with Crippen molar-refractivity contribution in [1.82, 2.24) is 15.2 Å². The van der Waals surface area contributed by atoms with Crippen molar-refractivity contribution in [2.75, 3.05) is 13.1 Å². The van der Waals surface area contributed by atoms with Gasteiger partial charge in [-0.05, 0) is 18.3 Å². The summed E-state index contributed by atoms with van der Waals surface area (Å²) in [6.45, 7) is 12.5. The van der Waals surface area contributed by atoms with Gasteiger partial charge in [0.2, 0.25) is 0 Å². The van der Waals surface area contributed by atoms with Crippen LogP contribution >= 0.6 is 11.3 Å². The first-order chi connectivity index (χ1) is 9.06. The fourth-order valence-corrected chi connectivity index (χ4v) is 3.54. The summed E-state index contributed by atoms with van der Waals surface area (Å²) in [6, 6.07) is 1.26. The van der Waals surface area contributed by atoms with Crippen LogP contribution in [0.25, 0.3) is 0 Å². The molecule has 0 saturated carbocycles. The lowest BCUT2D eigenvalue weighted by Gasteiger charge is -2.42. The highest BCUT2D eigenvalue weighted by Crippen LogP contribution is 2.20. The molecule has 1 aromatic rings. The summed E-state index contributed by atoms with van der Waals surface area (Å²) in [4.78, 5) is 7.07. The maximum absolute atomic E-state index is 4.45. The molecule has 0 radical (unpaired) electrons. The lowest BCUT2D eigenvalue weighted by Crippen LogP contribution is -2.58. The van der Waals surface area contributed by atoms with Crippen LogP contribution in [0.1, 0.15) is 39.8 Å². The van der Waals surface area contributed by atoms with Gasteiger partial charge in [-0.3, -0.25) is 4.90 Å². The first-order valence-electron chi connectivity index (χ1n) is 7.40. The lowest BCUT2D eigenvalue weighted by molar-refractivity contribution is 0.0842. The van der Waals surface area contributed by atoms with Gasteiger partial charge < -0.3 is 5.32 Å². The van der Waals surface area contributed by atoms with E-state index in [1.807, 2.05) is 5.51 Å². The largest absolute Gasteiger partial charge is 0.311 e. The molecule has 4 heteroatoms. The van der Waals surface area contributed by atoms with Gasteiger partial charge in [-0.15, -0.1) is 11.3 Å². The van der Waals surface area contributed by atoms with Crippen molar-refractivity contribution in [1.29, 1.82) is 0 Å². The van der Waals surface area contributed by atoms with Gasteiger partial charge >= 0.3 is 0 Å². The summed E-state index contributed by atoms with van der Waals surface area (Å²) >= 11 is 1.70. The molecule has 0 aromatic carbocycles. The molecule has 1 saturated heterocycles. The predicted octanol–water partition coefficient (Wildman–Crippen LogP) is 2.99. The maximum atomic E-state index is 4.45. The number of hydrogen-bond acceptors (Lipinski definition) is 4. The SMILES string of the molecule is CC(C)CC1CN(Cc2cscn2)C(C(C)C)CN1. The van der Waals surface area contributed by atoms with Crippen molar-refractivity contribution in [2.45, 2.75) is 52.7 Å². The average molecular weight is 281 g/mol. The molecule has 2 unspecified atom stereocenters. The molecule has 2 heterocycles. The summed E-state index contributed by atoms with van der Waals surface area (Å²) in [5, 5.41) is 5.91. The fraction of sp³-hybridized carbons (Fsp3) is 0.800. The summed E-state index contributed by atoms with van der Waals surface area (Å²) in [5.74, 6) is 1.44. The van der Waals surface area contributed by atoms with Gasteiger partial charge in [-0.1, -0.05) is 27.7 Å². The molecule has 1 aliphatic heterocycles. The average Bonchev–Trinajstić information content (AvgIpc) is 2.80. The normalized spacial score (nSPS) is 25.4. The Labute approximate surface area is 121 Å². The van der Waals surface area contributed by atoms with Gasteiger partial charge in [-0.25, -0.2) is 4.98 Å². The van der Waals surface area contributed by atoms with Gasteiger partial charge in [-0.2, -0.15) is 0 Å². The Kier molecular flexibility index (Phi) is 5.37. The van der Waals surface area contributed by atoms with Crippen molar-refractivity contribution < 1.29 is 0 Å². The molecule has 19 heavy (non-hydrogen) atoms. The van der Waals surface area contributed by atoms with Crippen LogP contribution in [0.5, 0.6) is 0 Å². The first kappa shape index (κ1) is 14.9. The first-order valence-corrected chi connectivity index (χ1v) is 8.35. The van der Waals surface area contributed by atoms with E-state index in [1.165, 1.54) is 12.1 Å². The number of nitrogens with zero attached hydrogens (tertiary/aromatic N) is 2. The van der Waals surface area contributed by atoms with Gasteiger partial charge in [0.15, 0.2) is 0 Å². The van der Waals surface area contributed by atoms with Crippen molar-refractivity contribution in [3.8, 4) is 0 Å². The van der Waals surface area contributed by atoms with Crippen LogP contribution < -0.4 is 5.32 Å². The molecule has 1 aliphatic rings. The molecular formula is C15H27N3S. The van der Waals surface area contributed by atoms with Crippen LogP contribution in [0.15, 0.2) is 10.9 Å². The third-order valence-corrected chi connectivity index (χ3v) is 4.55. The molecule has 0 bridgehead atoms. The highest BCUT2D eigenvalue weighted by Gasteiger charge is 2.30. The van der Waals surface area contributed by atoms with E-state index in [0.29, 0.717) is 18.0 Å². The Morgan fingerprint density at radius 1 is 1.42 bits per heavy atom. The molecule has 3 nitrogen and oxygen atoms in total. The lowest BCUT2D eigenvalue weighted by atomic mass is 9.95. The number of hydrogen-bond donors (Lipinski definition) is 1. The molecule has 0 aliphatic carbocycles. The van der Waals surface area contributed by atoms with E-state index in [2.05, 4.69) is 48.3 Å². The van der Waals surface area contributed by atoms with E-state index >= 15 is 0 Å². The van der Waals surface area contributed by atoms with Gasteiger partial charge in [0.25, 0.3) is 0 Å². The standard InChI is InChI=1S/C15H27N3S/c1-11(2)5-13-7-18(8-14-9-19-10-17-14)15(6-16-13)12(3)4/h9-13,15-16H,5-8H2,1-4H3. The quantitative estimate of drug-likeness (QED) is 0.899. The molecule has 0 spiro atoms. The second-order valence-electron chi connectivity index (χ2n) is 6.46. The Morgan fingerprint density at radius 2 is 2.21 bits per heavy atom. The van der Waals surface area contributed by atoms with E-state index in [1.54, 1.807) is 11.3 Å². The summed E-state index contributed by atoms with van der Waals surface area (Å²) in [5.41, 5.74) is 3.16. The third-order valence-electron chi connectivity index (χ3n) is 3.91. The van der Waals surface area contributed by atoms with Crippen LogP contribution in [-0.2, 0) is 6.54 Å². The number of piperazine rings is 1. The predicted molar refractivity (Wildman–Crippen MR) is 82.4 cm³/mol. The van der Waals surface area contributed by atoms with E-state index in [-0.39, 0.29) is 0 Å². The minimum atomic E-state index is 0.630. The van der Waals surface area contributed by atoms with E-state index in [0.717, 1.165) is 25.6 Å². The Balaban J connectivity index is 2.00. The van der Waals surface area contributed by atoms with Crippen molar-refractivity contribution >= 4 is 11.3 Å².